The number of carbonyl (C=O) groups excluding carboxylic acids is 4. The highest BCUT2D eigenvalue weighted by Gasteiger charge is 2.60. The van der Waals surface area contributed by atoms with Crippen molar-refractivity contribution in [2.45, 2.75) is 11.8 Å². The van der Waals surface area contributed by atoms with E-state index in [0.29, 0.717) is 0 Å². The molecule has 3 aliphatic carbocycles. The molecule has 0 radical (unpaired) electrons. The van der Waals surface area contributed by atoms with Crippen LogP contribution in [0.5, 0.6) is 0 Å². The summed E-state index contributed by atoms with van der Waals surface area (Å²) in [7, 11) is 0. The first-order chi connectivity index (χ1) is 20.5. The molecule has 5 aliphatic rings. The summed E-state index contributed by atoms with van der Waals surface area (Å²) in [4.78, 5) is 44.2. The number of hydrogen-bond donors (Lipinski definition) is 0. The summed E-state index contributed by atoms with van der Waals surface area (Å²) < 4.78 is 8.95. The van der Waals surface area contributed by atoms with Crippen molar-refractivity contribution in [3.63, 3.8) is 0 Å². The quantitative estimate of drug-likeness (QED) is 0.129. The molecular formula is C36H24O6. The number of esters is 4. The zero-order chi connectivity index (χ0) is 28.8. The van der Waals surface area contributed by atoms with Gasteiger partial charge in [-0.25, -0.2) is 9.59 Å². The fourth-order valence-electron chi connectivity index (χ4n) is 6.66. The maximum absolute atomic E-state index is 12.2. The van der Waals surface area contributed by atoms with Crippen molar-refractivity contribution in [2.75, 3.05) is 0 Å². The summed E-state index contributed by atoms with van der Waals surface area (Å²) >= 11 is 0. The zero-order valence-corrected chi connectivity index (χ0v) is 22.3. The van der Waals surface area contributed by atoms with E-state index >= 15 is 0 Å². The van der Waals surface area contributed by atoms with E-state index in [1.807, 2.05) is 24.3 Å². The molecule has 10 rings (SSSR count). The average molecular weight is 553 g/mol. The largest absolute Gasteiger partial charge is 0.393 e. The first-order valence-corrected chi connectivity index (χ1v) is 13.7. The molecule has 0 N–H and O–H groups in total. The number of ether oxygens (including phenoxy) is 2. The van der Waals surface area contributed by atoms with Crippen LogP contribution in [0.4, 0.5) is 0 Å². The molecule has 6 nitrogen and oxygen atoms in total. The predicted octanol–water partition coefficient (Wildman–Crippen LogP) is 6.21. The molecule has 0 amide bonds. The summed E-state index contributed by atoms with van der Waals surface area (Å²) in [5, 5.41) is 5.25. The topological polar surface area (TPSA) is 86.7 Å². The first kappa shape index (κ1) is 25.6. The van der Waals surface area contributed by atoms with E-state index in [1.54, 1.807) is 0 Å². The van der Waals surface area contributed by atoms with Crippen LogP contribution in [0.2, 0.25) is 0 Å². The number of fused-ring (bicyclic) bond motifs is 2. The fourth-order valence-corrected chi connectivity index (χ4v) is 6.66. The van der Waals surface area contributed by atoms with Gasteiger partial charge in [0, 0.05) is 24.0 Å². The van der Waals surface area contributed by atoms with Crippen LogP contribution in [-0.2, 0) is 28.7 Å². The molecule has 204 valence electrons. The van der Waals surface area contributed by atoms with Crippen molar-refractivity contribution >= 4 is 45.4 Å². The molecule has 5 aromatic rings. The van der Waals surface area contributed by atoms with Crippen LogP contribution in [0.15, 0.2) is 121 Å². The van der Waals surface area contributed by atoms with Crippen LogP contribution < -0.4 is 0 Å². The zero-order valence-electron chi connectivity index (χ0n) is 22.3. The molecule has 0 spiro atoms. The van der Waals surface area contributed by atoms with Gasteiger partial charge in [-0.05, 0) is 55.9 Å². The van der Waals surface area contributed by atoms with Crippen molar-refractivity contribution in [1.82, 2.24) is 0 Å². The van der Waals surface area contributed by atoms with Crippen molar-refractivity contribution in [3.8, 4) is 0 Å². The van der Waals surface area contributed by atoms with Crippen molar-refractivity contribution in [3.05, 3.63) is 144 Å². The number of cyclic esters (lactones) is 4. The molecule has 1 fully saturated rings. The molecule has 0 saturated carbocycles. The molecule has 2 heterocycles. The van der Waals surface area contributed by atoms with Gasteiger partial charge < -0.3 is 9.47 Å². The van der Waals surface area contributed by atoms with Gasteiger partial charge >= 0.3 is 23.9 Å². The Kier molecular flexibility index (Phi) is 6.24. The molecule has 2 unspecified atom stereocenters. The van der Waals surface area contributed by atoms with Crippen LogP contribution in [0, 0.1) is 11.8 Å². The highest BCUT2D eigenvalue weighted by molar-refractivity contribution is 6.05. The smallest absolute Gasteiger partial charge is 0.338 e. The summed E-state index contributed by atoms with van der Waals surface area (Å²) in [6.45, 7) is 0. The van der Waals surface area contributed by atoms with Gasteiger partial charge in [-0.3, -0.25) is 9.59 Å². The Morgan fingerprint density at radius 1 is 0.405 bits per heavy atom. The Morgan fingerprint density at radius 3 is 1.00 bits per heavy atom. The first-order valence-electron chi connectivity index (χ1n) is 13.7. The van der Waals surface area contributed by atoms with E-state index in [4.69, 9.17) is 4.74 Å². The van der Waals surface area contributed by atoms with Gasteiger partial charge in [-0.2, -0.15) is 0 Å². The van der Waals surface area contributed by atoms with Gasteiger partial charge in [0.15, 0.2) is 0 Å². The third kappa shape index (κ3) is 4.29. The Morgan fingerprint density at radius 2 is 0.714 bits per heavy atom. The van der Waals surface area contributed by atoms with Crippen LogP contribution in [-0.4, -0.2) is 23.9 Å². The normalized spacial score (nSPS) is 22.3. The standard InChI is InChI=1S/C18H12O3.C14H10.C4H2O3/c19-17-15-13-9-5-1-2-6-10(9)14(16(15)18(20)21-17)12-8-4-3-7-11(12)13;1-2-6-12-10-14-8-4-3-7-13(14)9-11(12)5-1;5-3-1-2-4(6)7-3/h1-8,13-16H;1-10H;1-2H. The third-order valence-corrected chi connectivity index (χ3v) is 8.35. The van der Waals surface area contributed by atoms with Gasteiger partial charge in [-0.15, -0.1) is 0 Å². The van der Waals surface area contributed by atoms with Crippen molar-refractivity contribution in [2.24, 2.45) is 11.8 Å². The Labute approximate surface area is 241 Å². The number of rotatable bonds is 0. The Bertz CT molecular complexity index is 1720. The van der Waals surface area contributed by atoms with Crippen LogP contribution in [0.25, 0.3) is 21.5 Å². The Hall–Kier alpha value is -5.36. The van der Waals surface area contributed by atoms with E-state index < -0.39 is 11.9 Å². The maximum atomic E-state index is 12.2. The predicted molar refractivity (Wildman–Crippen MR) is 156 cm³/mol. The molecule has 2 bridgehead atoms. The number of benzene rings is 5. The molecular weight excluding hydrogens is 528 g/mol. The second-order valence-electron chi connectivity index (χ2n) is 10.6. The molecule has 42 heavy (non-hydrogen) atoms. The van der Waals surface area contributed by atoms with Gasteiger partial charge in [0.1, 0.15) is 0 Å². The van der Waals surface area contributed by atoms with Gasteiger partial charge in [-0.1, -0.05) is 97.1 Å². The minimum Gasteiger partial charge on any atom is -0.393 e. The van der Waals surface area contributed by atoms with E-state index in [2.05, 4.69) is 89.7 Å². The van der Waals surface area contributed by atoms with E-state index in [0.717, 1.165) is 12.2 Å². The molecule has 6 heteroatoms. The fraction of sp³-hybridized carbons (Fsp3) is 0.111. The lowest BCUT2D eigenvalue weighted by molar-refractivity contribution is -0.154. The third-order valence-electron chi connectivity index (χ3n) is 8.35. The molecule has 1 saturated heterocycles. The summed E-state index contributed by atoms with van der Waals surface area (Å²) in [5.74, 6) is -2.68. The van der Waals surface area contributed by atoms with E-state index in [9.17, 15) is 19.2 Å². The lowest BCUT2D eigenvalue weighted by Crippen LogP contribution is -2.41. The SMILES string of the molecule is O=C1C=CC(=O)O1.O=C1OC(=O)C2C3c4ccccc4C(c4ccccc43)C12.c1ccc2cc3ccccc3cc2c1. The molecule has 0 aromatic heterocycles. The summed E-state index contributed by atoms with van der Waals surface area (Å²) in [6, 6.07) is 37.7. The number of hydrogen-bond acceptors (Lipinski definition) is 6. The van der Waals surface area contributed by atoms with E-state index in [-0.39, 0.29) is 35.6 Å². The number of carbonyl (C=O) groups is 4. The highest BCUT2D eigenvalue weighted by atomic mass is 16.6. The minimum atomic E-state index is -0.579. The molecule has 2 aliphatic heterocycles. The second-order valence-corrected chi connectivity index (χ2v) is 10.6. The summed E-state index contributed by atoms with van der Waals surface area (Å²) in [6.07, 6.45) is 2.17. The lowest BCUT2D eigenvalue weighted by Gasteiger charge is -2.45. The average Bonchev–Trinajstić information content (AvgIpc) is 3.56. The minimum absolute atomic E-state index is 0.0497. The Balaban J connectivity index is 0.000000118. The van der Waals surface area contributed by atoms with Crippen LogP contribution >= 0.6 is 0 Å². The second kappa shape index (κ2) is 10.2. The van der Waals surface area contributed by atoms with Crippen molar-refractivity contribution < 1.29 is 28.7 Å². The molecule has 5 aromatic carbocycles. The van der Waals surface area contributed by atoms with Crippen LogP contribution in [0.1, 0.15) is 34.1 Å². The van der Waals surface area contributed by atoms with Gasteiger partial charge in [0.05, 0.1) is 11.8 Å². The summed E-state index contributed by atoms with van der Waals surface area (Å²) in [5.41, 5.74) is 4.70. The maximum Gasteiger partial charge on any atom is 0.338 e. The highest BCUT2D eigenvalue weighted by Crippen LogP contribution is 2.60. The van der Waals surface area contributed by atoms with Gasteiger partial charge in [0.25, 0.3) is 0 Å². The lowest BCUT2D eigenvalue weighted by atomic mass is 9.55. The van der Waals surface area contributed by atoms with Crippen molar-refractivity contribution in [1.29, 1.82) is 0 Å². The monoisotopic (exact) mass is 552 g/mol. The van der Waals surface area contributed by atoms with Gasteiger partial charge in [0.2, 0.25) is 0 Å². The van der Waals surface area contributed by atoms with E-state index in [1.165, 1.54) is 43.8 Å². The molecule has 2 atom stereocenters. The van der Waals surface area contributed by atoms with Crippen LogP contribution in [0.3, 0.4) is 0 Å².